The van der Waals surface area contributed by atoms with Crippen LogP contribution in [0.5, 0.6) is 0 Å². The first-order chi connectivity index (χ1) is 7.11. The molecule has 2 aromatic rings. The predicted molar refractivity (Wildman–Crippen MR) is 61.1 cm³/mol. The van der Waals surface area contributed by atoms with Crippen LogP contribution in [0.2, 0.25) is 0 Å². The van der Waals surface area contributed by atoms with Gasteiger partial charge in [-0.3, -0.25) is 9.78 Å². The third kappa shape index (κ3) is 1.54. The Morgan fingerprint density at radius 1 is 1.40 bits per heavy atom. The van der Waals surface area contributed by atoms with E-state index in [4.69, 9.17) is 0 Å². The molecular weight excluding hydrogens is 188 g/mol. The van der Waals surface area contributed by atoms with E-state index in [1.807, 2.05) is 26.0 Å². The van der Waals surface area contributed by atoms with Gasteiger partial charge in [-0.25, -0.2) is 0 Å². The van der Waals surface area contributed by atoms with E-state index in [2.05, 4.69) is 4.98 Å². The molecule has 0 aliphatic heterocycles. The normalized spacial score (nSPS) is 11.2. The minimum Gasteiger partial charge on any atom is -0.310 e. The molecule has 15 heavy (non-hydrogen) atoms. The summed E-state index contributed by atoms with van der Waals surface area (Å²) in [5, 5.41) is 1.07. The second kappa shape index (κ2) is 3.50. The van der Waals surface area contributed by atoms with E-state index in [1.54, 1.807) is 24.0 Å². The maximum absolute atomic E-state index is 12.0. The predicted octanol–water partition coefficient (Wildman–Crippen LogP) is 2.06. The van der Waals surface area contributed by atoms with E-state index in [0.29, 0.717) is 0 Å². The topological polar surface area (TPSA) is 34.9 Å². The largest absolute Gasteiger partial charge is 0.310 e. The van der Waals surface area contributed by atoms with Gasteiger partial charge in [-0.05, 0) is 18.1 Å². The summed E-state index contributed by atoms with van der Waals surface area (Å²) in [5.41, 5.74) is 1.81. The zero-order valence-electron chi connectivity index (χ0n) is 9.19. The quantitative estimate of drug-likeness (QED) is 0.709. The van der Waals surface area contributed by atoms with Crippen LogP contribution in [0.25, 0.3) is 10.9 Å². The molecule has 78 valence electrons. The summed E-state index contributed by atoms with van der Waals surface area (Å²) in [6.07, 6.45) is 3.47. The second-order valence-electron chi connectivity index (χ2n) is 4.05. The van der Waals surface area contributed by atoms with Gasteiger partial charge in [-0.1, -0.05) is 13.8 Å². The first-order valence-electron chi connectivity index (χ1n) is 5.05. The highest BCUT2D eigenvalue weighted by atomic mass is 16.1. The highest BCUT2D eigenvalue weighted by molar-refractivity contribution is 5.78. The van der Waals surface area contributed by atoms with E-state index in [9.17, 15) is 4.79 Å². The average Bonchev–Trinajstić information content (AvgIpc) is 2.23. The lowest BCUT2D eigenvalue weighted by molar-refractivity contribution is 0.801. The monoisotopic (exact) mass is 202 g/mol. The van der Waals surface area contributed by atoms with Crippen molar-refractivity contribution in [2.24, 2.45) is 7.05 Å². The molecule has 0 aliphatic rings. The number of aromatic nitrogens is 2. The third-order valence-corrected chi connectivity index (χ3v) is 2.68. The molecule has 2 rings (SSSR count). The Morgan fingerprint density at radius 3 is 2.80 bits per heavy atom. The molecule has 0 saturated heterocycles. The molecule has 0 atom stereocenters. The van der Waals surface area contributed by atoms with E-state index in [1.165, 1.54) is 0 Å². The second-order valence-corrected chi connectivity index (χ2v) is 4.05. The maximum atomic E-state index is 12.0. The van der Waals surface area contributed by atoms with Crippen molar-refractivity contribution < 1.29 is 0 Å². The van der Waals surface area contributed by atoms with Crippen LogP contribution in [0, 0.1) is 0 Å². The standard InChI is InChI=1S/C12H14N2O/c1-8(2)10-6-9-4-5-13-7-11(9)14(3)12(10)15/h4-8H,1-3H3. The Balaban J connectivity index is 2.89. The first kappa shape index (κ1) is 9.90. The molecule has 0 saturated carbocycles. The summed E-state index contributed by atoms with van der Waals surface area (Å²) in [7, 11) is 1.79. The number of fused-ring (bicyclic) bond motifs is 1. The van der Waals surface area contributed by atoms with Crippen LogP contribution in [-0.4, -0.2) is 9.55 Å². The van der Waals surface area contributed by atoms with Gasteiger partial charge in [-0.15, -0.1) is 0 Å². The van der Waals surface area contributed by atoms with Crippen LogP contribution >= 0.6 is 0 Å². The number of pyridine rings is 2. The minimum absolute atomic E-state index is 0.0745. The van der Waals surface area contributed by atoms with Gasteiger partial charge >= 0.3 is 0 Å². The van der Waals surface area contributed by atoms with E-state index < -0.39 is 0 Å². The van der Waals surface area contributed by atoms with Crippen LogP contribution in [-0.2, 0) is 7.05 Å². The van der Waals surface area contributed by atoms with Gasteiger partial charge in [0.05, 0.1) is 11.7 Å². The highest BCUT2D eigenvalue weighted by Crippen LogP contribution is 2.16. The SMILES string of the molecule is CC(C)c1cc2ccncc2n(C)c1=O. The molecule has 0 amide bonds. The molecule has 0 aromatic carbocycles. The van der Waals surface area contributed by atoms with Crippen molar-refractivity contribution in [1.29, 1.82) is 0 Å². The fraction of sp³-hybridized carbons (Fsp3) is 0.333. The first-order valence-corrected chi connectivity index (χ1v) is 5.05. The van der Waals surface area contributed by atoms with Crippen LogP contribution in [0.15, 0.2) is 29.3 Å². The molecule has 0 unspecified atom stereocenters. The van der Waals surface area contributed by atoms with Gasteiger partial charge in [0.2, 0.25) is 0 Å². The van der Waals surface area contributed by atoms with Crippen molar-refractivity contribution in [3.63, 3.8) is 0 Å². The molecule has 0 radical (unpaired) electrons. The van der Waals surface area contributed by atoms with Crippen molar-refractivity contribution in [2.75, 3.05) is 0 Å². The summed E-state index contributed by atoms with van der Waals surface area (Å²) in [6.45, 7) is 4.06. The average molecular weight is 202 g/mol. The summed E-state index contributed by atoms with van der Waals surface area (Å²) >= 11 is 0. The van der Waals surface area contributed by atoms with Gasteiger partial charge in [0.1, 0.15) is 0 Å². The van der Waals surface area contributed by atoms with Crippen molar-refractivity contribution >= 4 is 10.9 Å². The van der Waals surface area contributed by atoms with E-state index in [-0.39, 0.29) is 11.5 Å². The molecule has 2 aromatic heterocycles. The van der Waals surface area contributed by atoms with Gasteiger partial charge in [-0.2, -0.15) is 0 Å². The van der Waals surface area contributed by atoms with Crippen LogP contribution in [0.4, 0.5) is 0 Å². The van der Waals surface area contributed by atoms with Crippen molar-refractivity contribution in [2.45, 2.75) is 19.8 Å². The minimum atomic E-state index is 0.0745. The zero-order valence-corrected chi connectivity index (χ0v) is 9.19. The van der Waals surface area contributed by atoms with Gasteiger partial charge in [0, 0.05) is 24.2 Å². The highest BCUT2D eigenvalue weighted by Gasteiger charge is 2.09. The van der Waals surface area contributed by atoms with Gasteiger partial charge < -0.3 is 4.57 Å². The molecule has 0 aliphatic carbocycles. The molecule has 3 heteroatoms. The number of hydrogen-bond acceptors (Lipinski definition) is 2. The molecule has 2 heterocycles. The van der Waals surface area contributed by atoms with Crippen LogP contribution in [0.3, 0.4) is 0 Å². The molecular formula is C12H14N2O. The lowest BCUT2D eigenvalue weighted by atomic mass is 10.0. The summed E-state index contributed by atoms with van der Waals surface area (Å²) < 4.78 is 1.66. The van der Waals surface area contributed by atoms with E-state index >= 15 is 0 Å². The number of rotatable bonds is 1. The van der Waals surface area contributed by atoms with Crippen molar-refractivity contribution in [1.82, 2.24) is 9.55 Å². The Morgan fingerprint density at radius 2 is 2.13 bits per heavy atom. The molecule has 0 fully saturated rings. The number of nitrogens with zero attached hydrogens (tertiary/aromatic N) is 2. The molecule has 0 N–H and O–H groups in total. The van der Waals surface area contributed by atoms with Crippen LogP contribution in [0.1, 0.15) is 25.3 Å². The van der Waals surface area contributed by atoms with Gasteiger partial charge in [0.25, 0.3) is 5.56 Å². The maximum Gasteiger partial charge on any atom is 0.254 e. The Hall–Kier alpha value is -1.64. The fourth-order valence-corrected chi connectivity index (χ4v) is 1.75. The Bertz CT molecular complexity index is 555. The number of hydrogen-bond donors (Lipinski definition) is 0. The third-order valence-electron chi connectivity index (χ3n) is 2.68. The summed E-state index contributed by atoms with van der Waals surface area (Å²) in [4.78, 5) is 16.0. The van der Waals surface area contributed by atoms with E-state index in [0.717, 1.165) is 16.5 Å². The summed E-state index contributed by atoms with van der Waals surface area (Å²) in [6, 6.07) is 3.89. The van der Waals surface area contributed by atoms with Crippen LogP contribution < -0.4 is 5.56 Å². The lowest BCUT2D eigenvalue weighted by Crippen LogP contribution is -2.22. The molecule has 3 nitrogen and oxygen atoms in total. The molecule has 0 spiro atoms. The van der Waals surface area contributed by atoms with Crippen molar-refractivity contribution in [3.8, 4) is 0 Å². The van der Waals surface area contributed by atoms with Gasteiger partial charge in [0.15, 0.2) is 0 Å². The molecule has 0 bridgehead atoms. The zero-order chi connectivity index (χ0) is 11.0. The fourth-order valence-electron chi connectivity index (χ4n) is 1.75. The lowest BCUT2D eigenvalue weighted by Gasteiger charge is -2.10. The Labute approximate surface area is 88.4 Å². The smallest absolute Gasteiger partial charge is 0.254 e. The summed E-state index contributed by atoms with van der Waals surface area (Å²) in [5.74, 6) is 0.251. The number of aryl methyl sites for hydroxylation is 1. The van der Waals surface area contributed by atoms with Crippen molar-refractivity contribution in [3.05, 3.63) is 40.4 Å². The Kier molecular flexibility index (Phi) is 2.31.